The minimum Gasteiger partial charge on any atom is -0.310 e. The molecule has 0 atom stereocenters. The van der Waals surface area contributed by atoms with Crippen molar-refractivity contribution in [2.45, 2.75) is 35.5 Å². The van der Waals surface area contributed by atoms with Gasteiger partial charge in [0, 0.05) is 29.0 Å². The number of nitrogens with zero attached hydrogens (tertiary/aromatic N) is 2. The summed E-state index contributed by atoms with van der Waals surface area (Å²) in [5.41, 5.74) is 1.05. The lowest BCUT2D eigenvalue weighted by Gasteiger charge is -2.07. The monoisotopic (exact) mass is 354 g/mol. The Morgan fingerprint density at radius 2 is 2.35 bits per heavy atom. The Balaban J connectivity index is 1.73. The summed E-state index contributed by atoms with van der Waals surface area (Å²) in [4.78, 5) is 12.4. The fraction of sp³-hybridized carbons (Fsp3) is 0.385. The molecule has 0 amide bonds. The van der Waals surface area contributed by atoms with Crippen LogP contribution >= 0.6 is 27.7 Å². The molecule has 2 aromatic rings. The van der Waals surface area contributed by atoms with Gasteiger partial charge < -0.3 is 5.32 Å². The zero-order valence-corrected chi connectivity index (χ0v) is 13.4. The predicted octanol–water partition coefficient (Wildman–Crippen LogP) is 2.27. The number of halogens is 1. The summed E-state index contributed by atoms with van der Waals surface area (Å²) < 4.78 is 2.52. The van der Waals surface area contributed by atoms with Gasteiger partial charge in [-0.1, -0.05) is 6.07 Å². The molecular weight excluding hydrogens is 340 g/mol. The van der Waals surface area contributed by atoms with Gasteiger partial charge in [-0.2, -0.15) is 0 Å². The quantitative estimate of drug-likeness (QED) is 0.864. The highest BCUT2D eigenvalue weighted by atomic mass is 79.9. The third kappa shape index (κ3) is 3.16. The molecule has 2 N–H and O–H groups in total. The summed E-state index contributed by atoms with van der Waals surface area (Å²) >= 11 is 5.05. The van der Waals surface area contributed by atoms with E-state index in [2.05, 4.69) is 49.6 Å². The summed E-state index contributed by atoms with van der Waals surface area (Å²) in [6, 6.07) is 6.98. The number of hydrogen-bond acceptors (Lipinski definition) is 4. The maximum Gasteiger partial charge on any atom is 0.343 e. The van der Waals surface area contributed by atoms with Crippen LogP contribution in [0.4, 0.5) is 0 Å². The van der Waals surface area contributed by atoms with Crippen molar-refractivity contribution < 1.29 is 0 Å². The molecule has 1 fully saturated rings. The van der Waals surface area contributed by atoms with E-state index in [1.54, 1.807) is 7.05 Å². The number of aromatic nitrogens is 3. The minimum atomic E-state index is -0.200. The molecule has 0 unspecified atom stereocenters. The minimum absolute atomic E-state index is 0.200. The van der Waals surface area contributed by atoms with Gasteiger partial charge in [-0.3, -0.25) is 4.57 Å². The Morgan fingerprint density at radius 1 is 1.55 bits per heavy atom. The zero-order chi connectivity index (χ0) is 14.1. The van der Waals surface area contributed by atoms with Crippen molar-refractivity contribution in [1.82, 2.24) is 20.1 Å². The molecule has 1 saturated carbocycles. The van der Waals surface area contributed by atoms with Gasteiger partial charge >= 0.3 is 5.69 Å². The second-order valence-electron chi connectivity index (χ2n) is 4.89. The fourth-order valence-electron chi connectivity index (χ4n) is 1.81. The lowest BCUT2D eigenvalue weighted by Crippen LogP contribution is -2.15. The molecule has 1 aliphatic rings. The number of benzene rings is 1. The molecule has 3 rings (SSSR count). The van der Waals surface area contributed by atoms with Crippen LogP contribution < -0.4 is 11.0 Å². The van der Waals surface area contributed by atoms with Crippen LogP contribution in [0.1, 0.15) is 18.4 Å². The van der Waals surface area contributed by atoms with Gasteiger partial charge in [0.2, 0.25) is 0 Å². The molecule has 0 saturated heterocycles. The topological polar surface area (TPSA) is 62.7 Å². The molecule has 1 aliphatic carbocycles. The average molecular weight is 355 g/mol. The normalized spacial score (nSPS) is 14.7. The summed E-state index contributed by atoms with van der Waals surface area (Å²) in [7, 11) is 1.70. The van der Waals surface area contributed by atoms with Crippen molar-refractivity contribution in [3.05, 3.63) is 38.7 Å². The Kier molecular flexibility index (Phi) is 4.00. The van der Waals surface area contributed by atoms with Gasteiger partial charge in [0.15, 0.2) is 5.16 Å². The van der Waals surface area contributed by atoms with E-state index in [0.29, 0.717) is 11.2 Å². The van der Waals surface area contributed by atoms with Crippen molar-refractivity contribution >= 4 is 27.7 Å². The van der Waals surface area contributed by atoms with Crippen molar-refractivity contribution in [2.24, 2.45) is 7.05 Å². The molecular formula is C13H15BrN4OS. The first kappa shape index (κ1) is 13.9. The Morgan fingerprint density at radius 3 is 2.95 bits per heavy atom. The largest absolute Gasteiger partial charge is 0.343 e. The van der Waals surface area contributed by atoms with E-state index in [0.717, 1.165) is 15.9 Å². The van der Waals surface area contributed by atoms with E-state index in [-0.39, 0.29) is 5.69 Å². The van der Waals surface area contributed by atoms with Crippen molar-refractivity contribution in [2.75, 3.05) is 0 Å². The van der Waals surface area contributed by atoms with Crippen LogP contribution in [0.2, 0.25) is 0 Å². The number of nitrogens with one attached hydrogen (secondary N) is 2. The van der Waals surface area contributed by atoms with E-state index in [1.165, 1.54) is 34.7 Å². The molecule has 7 heteroatoms. The first-order valence-corrected chi connectivity index (χ1v) is 8.05. The highest BCUT2D eigenvalue weighted by Gasteiger charge is 2.20. The van der Waals surface area contributed by atoms with E-state index < -0.39 is 0 Å². The number of hydrogen-bond donors (Lipinski definition) is 2. The molecule has 0 radical (unpaired) electrons. The van der Waals surface area contributed by atoms with Gasteiger partial charge in [-0.25, -0.2) is 9.89 Å². The molecule has 1 aromatic carbocycles. The summed E-state index contributed by atoms with van der Waals surface area (Å²) in [6.07, 6.45) is 2.59. The maximum absolute atomic E-state index is 11.3. The molecule has 106 valence electrons. The molecule has 1 heterocycles. The van der Waals surface area contributed by atoms with E-state index in [1.807, 2.05) is 0 Å². The highest BCUT2D eigenvalue weighted by molar-refractivity contribution is 9.10. The Labute approximate surface area is 129 Å². The molecule has 5 nitrogen and oxygen atoms in total. The maximum atomic E-state index is 11.3. The van der Waals surface area contributed by atoms with Crippen LogP contribution in [0.5, 0.6) is 0 Å². The zero-order valence-electron chi connectivity index (χ0n) is 11.0. The van der Waals surface area contributed by atoms with Gasteiger partial charge in [0.1, 0.15) is 0 Å². The van der Waals surface area contributed by atoms with Crippen molar-refractivity contribution in [3.8, 4) is 0 Å². The molecule has 0 aliphatic heterocycles. The smallest absolute Gasteiger partial charge is 0.310 e. The lowest BCUT2D eigenvalue weighted by atomic mass is 10.2. The second-order valence-corrected chi connectivity index (χ2v) is 6.76. The van der Waals surface area contributed by atoms with E-state index >= 15 is 0 Å². The van der Waals surface area contributed by atoms with Gasteiger partial charge in [-0.15, -0.1) is 5.10 Å². The number of rotatable bonds is 5. The number of H-pyrrole nitrogens is 1. The SMILES string of the molecule is Cn1c(Sc2ccc(CNC3CC3)cc2Br)n[nH]c1=O. The summed E-state index contributed by atoms with van der Waals surface area (Å²) in [6.45, 7) is 0.898. The molecule has 1 aromatic heterocycles. The summed E-state index contributed by atoms with van der Waals surface area (Å²) in [5, 5.41) is 10.6. The van der Waals surface area contributed by atoms with Crippen LogP contribution in [0.15, 0.2) is 37.5 Å². The van der Waals surface area contributed by atoms with Gasteiger partial charge in [0.05, 0.1) is 0 Å². The van der Waals surface area contributed by atoms with E-state index in [9.17, 15) is 4.79 Å². The van der Waals surface area contributed by atoms with Crippen molar-refractivity contribution in [1.29, 1.82) is 0 Å². The van der Waals surface area contributed by atoms with Crippen molar-refractivity contribution in [3.63, 3.8) is 0 Å². The number of aromatic amines is 1. The van der Waals surface area contributed by atoms with Gasteiger partial charge in [0.25, 0.3) is 0 Å². The first-order chi connectivity index (χ1) is 9.63. The predicted molar refractivity (Wildman–Crippen MR) is 82.0 cm³/mol. The molecule has 0 spiro atoms. The Hall–Kier alpha value is -1.05. The van der Waals surface area contributed by atoms with Gasteiger partial charge in [-0.05, 0) is 58.2 Å². The average Bonchev–Trinajstić information content (AvgIpc) is 3.21. The standard InChI is InChI=1S/C13H15BrN4OS/c1-18-12(19)16-17-13(18)20-11-5-2-8(6-10(11)14)7-15-9-3-4-9/h2,5-6,9,15H,3-4,7H2,1H3,(H,16,19). The van der Waals surface area contributed by atoms with Crippen LogP contribution in [0.3, 0.4) is 0 Å². The third-order valence-electron chi connectivity index (χ3n) is 3.21. The fourth-order valence-corrected chi connectivity index (χ4v) is 3.28. The second kappa shape index (κ2) is 5.75. The first-order valence-electron chi connectivity index (χ1n) is 6.44. The van der Waals surface area contributed by atoms with Crippen LogP contribution in [0, 0.1) is 0 Å². The van der Waals surface area contributed by atoms with Crippen LogP contribution in [-0.4, -0.2) is 20.8 Å². The van der Waals surface area contributed by atoms with Crippen LogP contribution in [-0.2, 0) is 13.6 Å². The molecule has 20 heavy (non-hydrogen) atoms. The summed E-state index contributed by atoms with van der Waals surface area (Å²) in [5.74, 6) is 0. The lowest BCUT2D eigenvalue weighted by molar-refractivity contribution is 0.687. The van der Waals surface area contributed by atoms with Crippen LogP contribution in [0.25, 0.3) is 0 Å². The Bertz CT molecular complexity index is 677. The van der Waals surface area contributed by atoms with E-state index in [4.69, 9.17) is 0 Å². The molecule has 0 bridgehead atoms. The highest BCUT2D eigenvalue weighted by Crippen LogP contribution is 2.32. The third-order valence-corrected chi connectivity index (χ3v) is 5.25.